The lowest BCUT2D eigenvalue weighted by molar-refractivity contribution is -0.136. The minimum absolute atomic E-state index is 0.0426. The molecule has 0 saturated carbocycles. The molecule has 25 heavy (non-hydrogen) atoms. The highest BCUT2D eigenvalue weighted by Gasteiger charge is 2.14. The zero-order valence-corrected chi connectivity index (χ0v) is 12.6. The first-order valence-corrected chi connectivity index (χ1v) is 6.86. The highest BCUT2D eigenvalue weighted by molar-refractivity contribution is 6.39. The summed E-state index contributed by atoms with van der Waals surface area (Å²) in [4.78, 5) is 34.2. The van der Waals surface area contributed by atoms with Gasteiger partial charge in [0.2, 0.25) is 0 Å². The van der Waals surface area contributed by atoms with Crippen LogP contribution in [0.4, 0.5) is 5.69 Å². The van der Waals surface area contributed by atoms with E-state index in [4.69, 9.17) is 10.2 Å². The van der Waals surface area contributed by atoms with Crippen LogP contribution in [0.3, 0.4) is 0 Å². The predicted octanol–water partition coefficient (Wildman–Crippen LogP) is 0.885. The number of aromatic carboxylic acids is 1. The Balaban J connectivity index is 1.96. The summed E-state index contributed by atoms with van der Waals surface area (Å²) >= 11 is 0. The molecule has 0 aliphatic carbocycles. The molecule has 0 aromatic heterocycles. The number of nitrogens with one attached hydrogen (secondary N) is 2. The Morgan fingerprint density at radius 3 is 2.44 bits per heavy atom. The van der Waals surface area contributed by atoms with E-state index in [0.717, 1.165) is 12.3 Å². The molecule has 0 heterocycles. The van der Waals surface area contributed by atoms with Crippen molar-refractivity contribution in [3.05, 3.63) is 53.6 Å². The zero-order valence-electron chi connectivity index (χ0n) is 12.6. The Morgan fingerprint density at radius 1 is 1.00 bits per heavy atom. The Bertz CT molecular complexity index is 863. The number of benzene rings is 2. The SMILES string of the molecule is O=C(NN=Cc1ccc(O)cc1O)C(=O)Nc1cccc(C(=O)O)c1. The quantitative estimate of drug-likeness (QED) is 0.316. The number of anilines is 1. The fraction of sp³-hybridized carbons (Fsp3) is 0. The van der Waals surface area contributed by atoms with Crippen molar-refractivity contribution in [2.45, 2.75) is 0 Å². The number of carbonyl (C=O) groups is 3. The number of phenolic OH excluding ortho intramolecular Hbond substituents is 2. The van der Waals surface area contributed by atoms with Crippen LogP contribution in [0.5, 0.6) is 11.5 Å². The van der Waals surface area contributed by atoms with Gasteiger partial charge in [0.15, 0.2) is 0 Å². The van der Waals surface area contributed by atoms with Crippen molar-refractivity contribution < 1.29 is 29.7 Å². The van der Waals surface area contributed by atoms with Crippen LogP contribution >= 0.6 is 0 Å². The van der Waals surface area contributed by atoms with E-state index in [-0.39, 0.29) is 28.3 Å². The van der Waals surface area contributed by atoms with Crippen LogP contribution in [-0.2, 0) is 9.59 Å². The third-order valence-corrected chi connectivity index (χ3v) is 2.96. The van der Waals surface area contributed by atoms with Crippen molar-refractivity contribution in [1.82, 2.24) is 5.43 Å². The fourth-order valence-electron chi connectivity index (χ4n) is 1.77. The highest BCUT2D eigenvalue weighted by Crippen LogP contribution is 2.20. The van der Waals surface area contributed by atoms with Crippen molar-refractivity contribution in [2.24, 2.45) is 5.10 Å². The number of amides is 2. The smallest absolute Gasteiger partial charge is 0.335 e. The Kier molecular flexibility index (Phi) is 5.31. The third kappa shape index (κ3) is 4.79. The molecule has 0 bridgehead atoms. The lowest BCUT2D eigenvalue weighted by Gasteiger charge is -2.05. The average molecular weight is 343 g/mol. The molecule has 2 aromatic rings. The second-order valence-corrected chi connectivity index (χ2v) is 4.78. The molecule has 9 heteroatoms. The summed E-state index contributed by atoms with van der Waals surface area (Å²) in [6.07, 6.45) is 1.09. The molecule has 2 amide bonds. The number of nitrogens with zero attached hydrogens (tertiary/aromatic N) is 1. The summed E-state index contributed by atoms with van der Waals surface area (Å²) in [5.74, 6) is -3.70. The Morgan fingerprint density at radius 2 is 1.76 bits per heavy atom. The van der Waals surface area contributed by atoms with E-state index in [1.165, 1.54) is 36.4 Å². The predicted molar refractivity (Wildman–Crippen MR) is 87.5 cm³/mol. The molecule has 0 saturated heterocycles. The number of carbonyl (C=O) groups excluding carboxylic acids is 2. The maximum atomic E-state index is 11.7. The molecule has 5 N–H and O–H groups in total. The molecule has 9 nitrogen and oxygen atoms in total. The van der Waals surface area contributed by atoms with E-state index in [1.807, 2.05) is 5.43 Å². The lowest BCUT2D eigenvalue weighted by Crippen LogP contribution is -2.32. The molecular weight excluding hydrogens is 330 g/mol. The van der Waals surface area contributed by atoms with Crippen LogP contribution in [0, 0.1) is 0 Å². The van der Waals surface area contributed by atoms with E-state index >= 15 is 0 Å². The van der Waals surface area contributed by atoms with Gasteiger partial charge in [0.1, 0.15) is 11.5 Å². The summed E-state index contributed by atoms with van der Waals surface area (Å²) in [7, 11) is 0. The number of phenols is 2. The number of hydrogen-bond acceptors (Lipinski definition) is 6. The van der Waals surface area contributed by atoms with Crippen LogP contribution in [0.2, 0.25) is 0 Å². The van der Waals surface area contributed by atoms with Gasteiger partial charge < -0.3 is 20.6 Å². The van der Waals surface area contributed by atoms with Gasteiger partial charge in [-0.2, -0.15) is 5.10 Å². The normalized spacial score (nSPS) is 10.4. The van der Waals surface area contributed by atoms with Crippen LogP contribution in [-0.4, -0.2) is 39.3 Å². The molecule has 0 unspecified atom stereocenters. The standard InChI is InChI=1S/C16H13N3O6/c20-12-5-4-10(13(21)7-12)8-17-19-15(23)14(22)18-11-3-1-2-9(6-11)16(24)25/h1-8,20-21H,(H,18,22)(H,19,23)(H,24,25). The van der Waals surface area contributed by atoms with E-state index in [1.54, 1.807) is 0 Å². The van der Waals surface area contributed by atoms with Gasteiger partial charge in [-0.15, -0.1) is 0 Å². The van der Waals surface area contributed by atoms with Crippen LogP contribution in [0.25, 0.3) is 0 Å². The third-order valence-electron chi connectivity index (χ3n) is 2.96. The van der Waals surface area contributed by atoms with Crippen molar-refractivity contribution in [3.8, 4) is 11.5 Å². The van der Waals surface area contributed by atoms with Gasteiger partial charge in [-0.1, -0.05) is 6.07 Å². The number of carboxylic acids is 1. The highest BCUT2D eigenvalue weighted by atomic mass is 16.4. The summed E-state index contributed by atoms with van der Waals surface area (Å²) in [5.41, 5.74) is 2.27. The minimum atomic E-state index is -1.17. The van der Waals surface area contributed by atoms with Gasteiger partial charge in [0.05, 0.1) is 11.8 Å². The number of carboxylic acid groups (broad SMARTS) is 1. The van der Waals surface area contributed by atoms with Crippen molar-refractivity contribution in [3.63, 3.8) is 0 Å². The lowest BCUT2D eigenvalue weighted by atomic mass is 10.2. The van der Waals surface area contributed by atoms with Gasteiger partial charge >= 0.3 is 17.8 Å². The topological polar surface area (TPSA) is 148 Å². The fourth-order valence-corrected chi connectivity index (χ4v) is 1.77. The first-order chi connectivity index (χ1) is 11.9. The second-order valence-electron chi connectivity index (χ2n) is 4.78. The van der Waals surface area contributed by atoms with Gasteiger partial charge in [-0.25, -0.2) is 10.2 Å². The maximum absolute atomic E-state index is 11.7. The minimum Gasteiger partial charge on any atom is -0.508 e. The summed E-state index contributed by atoms with van der Waals surface area (Å²) in [6.45, 7) is 0. The largest absolute Gasteiger partial charge is 0.508 e. The van der Waals surface area contributed by atoms with Crippen molar-refractivity contribution in [1.29, 1.82) is 0 Å². The van der Waals surface area contributed by atoms with Crippen molar-refractivity contribution >= 4 is 29.7 Å². The first kappa shape index (κ1) is 17.5. The molecule has 0 aliphatic heterocycles. The van der Waals surface area contributed by atoms with Gasteiger partial charge in [-0.05, 0) is 30.3 Å². The summed E-state index contributed by atoms with van der Waals surface area (Å²) < 4.78 is 0. The van der Waals surface area contributed by atoms with Gasteiger partial charge in [0, 0.05) is 17.3 Å². The molecule has 2 aromatic carbocycles. The van der Waals surface area contributed by atoms with Gasteiger partial charge in [0.25, 0.3) is 0 Å². The summed E-state index contributed by atoms with van der Waals surface area (Å²) in [6, 6.07) is 9.14. The van der Waals surface area contributed by atoms with E-state index in [2.05, 4.69) is 10.4 Å². The molecule has 0 radical (unpaired) electrons. The van der Waals surface area contributed by atoms with E-state index in [9.17, 15) is 19.5 Å². The second kappa shape index (κ2) is 7.59. The average Bonchev–Trinajstić information content (AvgIpc) is 2.56. The summed E-state index contributed by atoms with van der Waals surface area (Å²) in [5, 5.41) is 33.3. The molecule has 2 rings (SSSR count). The van der Waals surface area contributed by atoms with Gasteiger partial charge in [-0.3, -0.25) is 9.59 Å². The van der Waals surface area contributed by atoms with Crippen LogP contribution < -0.4 is 10.7 Å². The maximum Gasteiger partial charge on any atom is 0.335 e. The first-order valence-electron chi connectivity index (χ1n) is 6.86. The number of hydrazone groups is 1. The van der Waals surface area contributed by atoms with E-state index in [0.29, 0.717) is 0 Å². The number of aromatic hydroxyl groups is 2. The molecule has 0 atom stereocenters. The Labute approximate surface area is 141 Å². The molecule has 0 spiro atoms. The molecule has 0 aliphatic rings. The van der Waals surface area contributed by atoms with Crippen LogP contribution in [0.15, 0.2) is 47.6 Å². The molecule has 0 fully saturated rings. The number of hydrogen-bond donors (Lipinski definition) is 5. The molecular formula is C16H13N3O6. The zero-order chi connectivity index (χ0) is 18.4. The van der Waals surface area contributed by atoms with E-state index < -0.39 is 17.8 Å². The van der Waals surface area contributed by atoms with Crippen molar-refractivity contribution in [2.75, 3.05) is 5.32 Å². The Hall–Kier alpha value is -3.88. The van der Waals surface area contributed by atoms with Crippen LogP contribution in [0.1, 0.15) is 15.9 Å². The number of rotatable bonds is 4. The monoisotopic (exact) mass is 343 g/mol. The molecule has 128 valence electrons.